The molecule has 1 amide bonds. The first kappa shape index (κ1) is 45.9. The highest BCUT2D eigenvalue weighted by atomic mass is 17.0. The molecule has 0 aliphatic rings. The molecule has 0 aliphatic heterocycles. The van der Waals surface area contributed by atoms with Gasteiger partial charge < -0.3 is 29.2 Å². The molecular weight excluding hydrogens is 688 g/mol. The summed E-state index contributed by atoms with van der Waals surface area (Å²) in [7, 11) is 6.82. The largest absolute Gasteiger partial charge is 0.493 e. The van der Waals surface area contributed by atoms with Gasteiger partial charge in [0, 0.05) is 25.4 Å². The van der Waals surface area contributed by atoms with E-state index in [2.05, 4.69) is 30.3 Å². The van der Waals surface area contributed by atoms with Crippen molar-refractivity contribution in [1.82, 2.24) is 10.2 Å². The van der Waals surface area contributed by atoms with Gasteiger partial charge in [0.25, 0.3) is 11.4 Å². The van der Waals surface area contributed by atoms with E-state index in [1.807, 2.05) is 30.3 Å². The quantitative estimate of drug-likeness (QED) is 0.0370. The van der Waals surface area contributed by atoms with Crippen molar-refractivity contribution < 1.29 is 33.7 Å². The topological polar surface area (TPSA) is 145 Å². The highest BCUT2D eigenvalue weighted by Crippen LogP contribution is 2.44. The number of hydrogen-bond donors (Lipinski definition) is 1. The van der Waals surface area contributed by atoms with E-state index in [4.69, 9.17) is 23.8 Å². The highest BCUT2D eigenvalue weighted by Gasteiger charge is 2.36. The average Bonchev–Trinajstić information content (AvgIpc) is 3.15. The SMILES string of the molecule is CCCCCCCCCCCCC(C#N)(CCCN(C)CCc1ccccc1OC(O[N+](=O)[O-])C(C)(C)CNC(C)=O)c1cc(OC)c(OC)c(OC)c1. The predicted octanol–water partition coefficient (Wildman–Crippen LogP) is 8.81. The van der Waals surface area contributed by atoms with Crippen molar-refractivity contribution in [2.24, 2.45) is 5.41 Å². The van der Waals surface area contributed by atoms with Gasteiger partial charge in [-0.15, -0.1) is 10.1 Å². The van der Waals surface area contributed by atoms with E-state index in [0.717, 1.165) is 43.4 Å². The smallest absolute Gasteiger partial charge is 0.298 e. The fourth-order valence-electron chi connectivity index (χ4n) is 6.71. The first-order valence-electron chi connectivity index (χ1n) is 19.6. The molecule has 0 fully saturated rings. The van der Waals surface area contributed by atoms with Crippen LogP contribution < -0.4 is 24.3 Å². The number of rotatable bonds is 29. The molecule has 0 aromatic heterocycles. The Morgan fingerprint density at radius 1 is 0.889 bits per heavy atom. The van der Waals surface area contributed by atoms with Crippen LogP contribution in [0.1, 0.15) is 122 Å². The summed E-state index contributed by atoms with van der Waals surface area (Å²) >= 11 is 0. The number of nitrogens with zero attached hydrogens (tertiary/aromatic N) is 3. The lowest BCUT2D eigenvalue weighted by Crippen LogP contribution is -2.46. The Balaban J connectivity index is 2.14. The van der Waals surface area contributed by atoms with Gasteiger partial charge in [-0.3, -0.25) is 9.63 Å². The van der Waals surface area contributed by atoms with Crippen molar-refractivity contribution in [3.63, 3.8) is 0 Å². The minimum absolute atomic E-state index is 0.130. The molecule has 12 nitrogen and oxygen atoms in total. The normalized spacial score (nSPS) is 13.0. The summed E-state index contributed by atoms with van der Waals surface area (Å²) in [5.41, 5.74) is 0.116. The molecule has 54 heavy (non-hydrogen) atoms. The van der Waals surface area contributed by atoms with E-state index in [1.54, 1.807) is 41.2 Å². The van der Waals surface area contributed by atoms with Gasteiger partial charge in [0.15, 0.2) is 11.5 Å². The number of ether oxygens (including phenoxy) is 4. The second-order valence-corrected chi connectivity index (χ2v) is 15.0. The van der Waals surface area contributed by atoms with Crippen molar-refractivity contribution in [1.29, 1.82) is 5.26 Å². The second kappa shape index (κ2) is 24.2. The average molecular weight is 755 g/mol. The number of amides is 1. The molecule has 0 heterocycles. The Kier molecular flexibility index (Phi) is 20.6. The monoisotopic (exact) mass is 754 g/mol. The minimum atomic E-state index is -1.25. The summed E-state index contributed by atoms with van der Waals surface area (Å²) in [6.07, 6.45) is 13.8. The van der Waals surface area contributed by atoms with E-state index < -0.39 is 22.2 Å². The van der Waals surface area contributed by atoms with Gasteiger partial charge in [-0.25, -0.2) is 0 Å². The molecule has 0 spiro atoms. The van der Waals surface area contributed by atoms with E-state index in [9.17, 15) is 20.2 Å². The molecule has 2 atom stereocenters. The lowest BCUT2D eigenvalue weighted by Gasteiger charge is -2.33. The molecule has 0 saturated carbocycles. The van der Waals surface area contributed by atoms with Gasteiger partial charge in [-0.1, -0.05) is 103 Å². The maximum absolute atomic E-state index is 11.6. The molecule has 0 bridgehead atoms. The van der Waals surface area contributed by atoms with Gasteiger partial charge >= 0.3 is 0 Å². The van der Waals surface area contributed by atoms with Crippen LogP contribution in [0.4, 0.5) is 0 Å². The number of carbonyl (C=O) groups excluding carboxylic acids is 1. The lowest BCUT2D eigenvalue weighted by atomic mass is 9.73. The van der Waals surface area contributed by atoms with Crippen molar-refractivity contribution in [3.8, 4) is 29.1 Å². The van der Waals surface area contributed by atoms with Crippen LogP contribution in [0, 0.1) is 26.9 Å². The molecule has 1 N–H and O–H groups in total. The Labute approximate surface area is 323 Å². The van der Waals surface area contributed by atoms with E-state index in [-0.39, 0.29) is 12.5 Å². The first-order valence-corrected chi connectivity index (χ1v) is 19.6. The summed E-state index contributed by atoms with van der Waals surface area (Å²) in [5, 5.41) is 24.1. The number of nitrogens with one attached hydrogen (secondary N) is 1. The lowest BCUT2D eigenvalue weighted by molar-refractivity contribution is -0.782. The van der Waals surface area contributed by atoms with Crippen LogP contribution in [-0.4, -0.2) is 70.2 Å². The van der Waals surface area contributed by atoms with Crippen LogP contribution in [0.5, 0.6) is 23.0 Å². The van der Waals surface area contributed by atoms with Crippen LogP contribution in [0.2, 0.25) is 0 Å². The summed E-state index contributed by atoms with van der Waals surface area (Å²) in [6.45, 7) is 8.69. The zero-order valence-electron chi connectivity index (χ0n) is 34.2. The third-order valence-corrected chi connectivity index (χ3v) is 10.1. The number of benzene rings is 2. The number of likely N-dealkylation sites (N-methyl/N-ethyl adjacent to an activating group) is 1. The molecule has 302 valence electrons. The molecule has 12 heteroatoms. The number of carbonyl (C=O) groups is 1. The number of para-hydroxylation sites is 1. The third-order valence-electron chi connectivity index (χ3n) is 10.1. The Bertz CT molecular complexity index is 1440. The fourth-order valence-corrected chi connectivity index (χ4v) is 6.71. The van der Waals surface area contributed by atoms with Crippen LogP contribution in [-0.2, 0) is 21.5 Å². The van der Waals surface area contributed by atoms with E-state index >= 15 is 0 Å². The number of hydrogen-bond acceptors (Lipinski definition) is 10. The molecular formula is C42H66N4O8. The Hall–Kier alpha value is -4.24. The zero-order valence-corrected chi connectivity index (χ0v) is 34.2. The van der Waals surface area contributed by atoms with E-state index in [0.29, 0.717) is 42.4 Å². The van der Waals surface area contributed by atoms with Crippen LogP contribution in [0.15, 0.2) is 36.4 Å². The number of nitriles is 1. The molecule has 2 unspecified atom stereocenters. The number of unbranched alkanes of at least 4 members (excludes halogenated alkanes) is 9. The molecule has 2 aromatic rings. The molecule has 2 aromatic carbocycles. The minimum Gasteiger partial charge on any atom is -0.493 e. The van der Waals surface area contributed by atoms with Gasteiger partial charge in [0.1, 0.15) is 5.75 Å². The van der Waals surface area contributed by atoms with E-state index in [1.165, 1.54) is 58.3 Å². The van der Waals surface area contributed by atoms with Crippen molar-refractivity contribution in [2.75, 3.05) is 48.0 Å². The Morgan fingerprint density at radius 3 is 2.00 bits per heavy atom. The highest BCUT2D eigenvalue weighted by molar-refractivity contribution is 5.72. The summed E-state index contributed by atoms with van der Waals surface area (Å²) in [4.78, 5) is 30.1. The fraction of sp³-hybridized carbons (Fsp3) is 0.667. The van der Waals surface area contributed by atoms with Crippen molar-refractivity contribution in [3.05, 3.63) is 57.6 Å². The van der Waals surface area contributed by atoms with Gasteiger partial charge in [-0.2, -0.15) is 5.26 Å². The zero-order chi connectivity index (χ0) is 40.0. The summed E-state index contributed by atoms with van der Waals surface area (Å²) < 4.78 is 23.1. The maximum atomic E-state index is 11.6. The predicted molar refractivity (Wildman–Crippen MR) is 212 cm³/mol. The van der Waals surface area contributed by atoms with Crippen molar-refractivity contribution >= 4 is 5.91 Å². The van der Waals surface area contributed by atoms with Gasteiger partial charge in [-0.05, 0) is 68.6 Å². The molecule has 0 saturated heterocycles. The van der Waals surface area contributed by atoms with Crippen LogP contribution in [0.3, 0.4) is 0 Å². The van der Waals surface area contributed by atoms with Crippen molar-refractivity contribution in [2.45, 2.75) is 129 Å². The van der Waals surface area contributed by atoms with Crippen LogP contribution >= 0.6 is 0 Å². The summed E-state index contributed by atoms with van der Waals surface area (Å²) in [5.74, 6) is 1.82. The summed E-state index contributed by atoms with van der Waals surface area (Å²) in [6, 6.07) is 14.0. The Morgan fingerprint density at radius 2 is 1.46 bits per heavy atom. The third kappa shape index (κ3) is 15.2. The standard InChI is InChI=1S/C42H66N4O8/c1-9-10-11-12-13-14-15-16-17-20-25-42(31-43,35-29-37(50-6)39(52-8)38(30-35)51-7)26-21-27-45(5)28-24-34-22-18-19-23-36(34)53-40(54-46(48)49)41(3,4)32-44-33(2)47/h18-19,22-23,29-30,40H,9-17,20-21,24-28,32H2,1-8H3,(H,44,47). The van der Waals surface area contributed by atoms with Crippen LogP contribution in [0.25, 0.3) is 0 Å². The first-order chi connectivity index (χ1) is 25.9. The maximum Gasteiger partial charge on any atom is 0.298 e. The molecule has 0 aliphatic carbocycles. The molecule has 2 rings (SSSR count). The number of methoxy groups -OCH3 is 3. The van der Waals surface area contributed by atoms with Gasteiger partial charge in [0.05, 0.1) is 32.8 Å². The molecule has 0 radical (unpaired) electrons. The second-order valence-electron chi connectivity index (χ2n) is 15.0. The van der Waals surface area contributed by atoms with Gasteiger partial charge in [0.2, 0.25) is 11.7 Å².